The van der Waals surface area contributed by atoms with Crippen molar-refractivity contribution in [1.82, 2.24) is 9.88 Å². The first-order valence-corrected chi connectivity index (χ1v) is 7.84. The lowest BCUT2D eigenvalue weighted by molar-refractivity contribution is -0.0510. The van der Waals surface area contributed by atoms with Gasteiger partial charge in [-0.2, -0.15) is 0 Å². The van der Waals surface area contributed by atoms with E-state index < -0.39 is 0 Å². The Balaban J connectivity index is 1.49. The first-order chi connectivity index (χ1) is 11.3. The van der Waals surface area contributed by atoms with Gasteiger partial charge in [0.2, 0.25) is 5.88 Å². The van der Waals surface area contributed by atoms with Gasteiger partial charge in [-0.3, -0.25) is 4.90 Å². The molecule has 3 rings (SSSR count). The maximum absolute atomic E-state index is 5.79. The van der Waals surface area contributed by atoms with Gasteiger partial charge in [0.15, 0.2) is 0 Å². The van der Waals surface area contributed by atoms with Gasteiger partial charge in [0.25, 0.3) is 0 Å². The summed E-state index contributed by atoms with van der Waals surface area (Å²) in [5.41, 5.74) is 1.28. The van der Waals surface area contributed by atoms with Crippen LogP contribution in [0.3, 0.4) is 0 Å². The molecular formula is C18H22N2O3. The molecule has 0 radical (unpaired) electrons. The highest BCUT2D eigenvalue weighted by atomic mass is 16.5. The standard InChI is InChI=1S/C18H22N2O3/c1-21-16-7-5-15(6-8-16)12-20-10-11-22-17(13-20)14-23-18-4-2-3-9-19-18/h2-9,17H,10-14H2,1H3/t17-/m0/s1. The second kappa shape index (κ2) is 7.94. The summed E-state index contributed by atoms with van der Waals surface area (Å²) >= 11 is 0. The number of hydrogen-bond acceptors (Lipinski definition) is 5. The number of methoxy groups -OCH3 is 1. The highest BCUT2D eigenvalue weighted by molar-refractivity contribution is 5.27. The Morgan fingerprint density at radius 3 is 2.83 bits per heavy atom. The van der Waals surface area contributed by atoms with E-state index in [0.29, 0.717) is 12.5 Å². The molecule has 0 spiro atoms. The highest BCUT2D eigenvalue weighted by Crippen LogP contribution is 2.15. The van der Waals surface area contributed by atoms with Crippen molar-refractivity contribution in [2.75, 3.05) is 33.4 Å². The highest BCUT2D eigenvalue weighted by Gasteiger charge is 2.21. The van der Waals surface area contributed by atoms with E-state index in [1.165, 1.54) is 5.56 Å². The number of morpholine rings is 1. The average molecular weight is 314 g/mol. The normalized spacial score (nSPS) is 18.6. The quantitative estimate of drug-likeness (QED) is 0.819. The number of pyridine rings is 1. The molecule has 122 valence electrons. The van der Waals surface area contributed by atoms with Crippen molar-refractivity contribution in [3.63, 3.8) is 0 Å². The van der Waals surface area contributed by atoms with Crippen LogP contribution in [0.4, 0.5) is 0 Å². The van der Waals surface area contributed by atoms with Crippen LogP contribution < -0.4 is 9.47 Å². The Kier molecular flexibility index (Phi) is 5.45. The van der Waals surface area contributed by atoms with Crippen molar-refractivity contribution in [3.05, 3.63) is 54.2 Å². The average Bonchev–Trinajstić information content (AvgIpc) is 2.62. The molecule has 0 N–H and O–H groups in total. The molecule has 1 aliphatic heterocycles. The third-order valence-electron chi connectivity index (χ3n) is 3.84. The molecule has 1 aliphatic rings. The van der Waals surface area contributed by atoms with Gasteiger partial charge < -0.3 is 14.2 Å². The van der Waals surface area contributed by atoms with E-state index in [1.54, 1.807) is 13.3 Å². The van der Waals surface area contributed by atoms with Gasteiger partial charge in [-0.25, -0.2) is 4.98 Å². The molecular weight excluding hydrogens is 292 g/mol. The van der Waals surface area contributed by atoms with Gasteiger partial charge in [-0.1, -0.05) is 18.2 Å². The van der Waals surface area contributed by atoms with Crippen molar-refractivity contribution in [2.45, 2.75) is 12.6 Å². The van der Waals surface area contributed by atoms with Crippen molar-refractivity contribution < 1.29 is 14.2 Å². The molecule has 0 bridgehead atoms. The molecule has 0 saturated carbocycles. The maximum Gasteiger partial charge on any atom is 0.213 e. The molecule has 1 aromatic heterocycles. The zero-order valence-corrected chi connectivity index (χ0v) is 13.4. The molecule has 0 aliphatic carbocycles. The zero-order valence-electron chi connectivity index (χ0n) is 13.4. The molecule has 1 fully saturated rings. The molecule has 0 amide bonds. The largest absolute Gasteiger partial charge is 0.497 e. The van der Waals surface area contributed by atoms with Gasteiger partial charge in [-0.05, 0) is 23.8 Å². The maximum atomic E-state index is 5.79. The van der Waals surface area contributed by atoms with Gasteiger partial charge in [0.1, 0.15) is 18.5 Å². The molecule has 1 saturated heterocycles. The fourth-order valence-corrected chi connectivity index (χ4v) is 2.62. The minimum atomic E-state index is 0.0732. The van der Waals surface area contributed by atoms with Gasteiger partial charge in [-0.15, -0.1) is 0 Å². The van der Waals surface area contributed by atoms with Gasteiger partial charge in [0, 0.05) is 31.9 Å². The second-order valence-corrected chi connectivity index (χ2v) is 5.55. The van der Waals surface area contributed by atoms with E-state index in [-0.39, 0.29) is 6.10 Å². The molecule has 5 heteroatoms. The van der Waals surface area contributed by atoms with E-state index >= 15 is 0 Å². The Morgan fingerprint density at radius 2 is 2.09 bits per heavy atom. The molecule has 23 heavy (non-hydrogen) atoms. The molecule has 5 nitrogen and oxygen atoms in total. The lowest BCUT2D eigenvalue weighted by atomic mass is 10.2. The SMILES string of the molecule is COc1ccc(CN2CCO[C@H](COc3ccccn3)C2)cc1. The van der Waals surface area contributed by atoms with E-state index in [4.69, 9.17) is 14.2 Å². The number of nitrogens with zero attached hydrogens (tertiary/aromatic N) is 2. The van der Waals surface area contributed by atoms with Crippen molar-refractivity contribution in [1.29, 1.82) is 0 Å². The first kappa shape index (κ1) is 15.8. The van der Waals surface area contributed by atoms with Crippen LogP contribution in [0.25, 0.3) is 0 Å². The number of aromatic nitrogens is 1. The Hall–Kier alpha value is -2.11. The van der Waals surface area contributed by atoms with E-state index in [9.17, 15) is 0 Å². The Bertz CT molecular complexity index is 589. The molecule has 1 atom stereocenters. The lowest BCUT2D eigenvalue weighted by Crippen LogP contribution is -2.44. The molecule has 2 aromatic rings. The van der Waals surface area contributed by atoms with Crippen molar-refractivity contribution in [3.8, 4) is 11.6 Å². The fourth-order valence-electron chi connectivity index (χ4n) is 2.62. The monoisotopic (exact) mass is 314 g/mol. The fraction of sp³-hybridized carbons (Fsp3) is 0.389. The van der Waals surface area contributed by atoms with Crippen LogP contribution in [-0.4, -0.2) is 49.4 Å². The lowest BCUT2D eigenvalue weighted by Gasteiger charge is -2.32. The summed E-state index contributed by atoms with van der Waals surface area (Å²) in [6, 6.07) is 13.9. The van der Waals surface area contributed by atoms with Crippen LogP contribution in [0.1, 0.15) is 5.56 Å². The third kappa shape index (κ3) is 4.68. The Labute approximate surface area is 136 Å². The second-order valence-electron chi connectivity index (χ2n) is 5.55. The number of ether oxygens (including phenoxy) is 3. The van der Waals surface area contributed by atoms with Crippen LogP contribution in [0.15, 0.2) is 48.7 Å². The topological polar surface area (TPSA) is 43.8 Å². The van der Waals surface area contributed by atoms with Gasteiger partial charge in [0.05, 0.1) is 13.7 Å². The van der Waals surface area contributed by atoms with E-state index in [0.717, 1.165) is 32.0 Å². The van der Waals surface area contributed by atoms with Crippen LogP contribution in [0.2, 0.25) is 0 Å². The zero-order chi connectivity index (χ0) is 15.9. The summed E-state index contributed by atoms with van der Waals surface area (Å²) in [5.74, 6) is 1.53. The first-order valence-electron chi connectivity index (χ1n) is 7.84. The summed E-state index contributed by atoms with van der Waals surface area (Å²) in [6.07, 6.45) is 1.80. The number of rotatable bonds is 6. The summed E-state index contributed by atoms with van der Waals surface area (Å²) in [7, 11) is 1.68. The van der Waals surface area contributed by atoms with E-state index in [1.807, 2.05) is 30.3 Å². The summed E-state index contributed by atoms with van der Waals surface area (Å²) in [5, 5.41) is 0. The minimum absolute atomic E-state index is 0.0732. The van der Waals surface area contributed by atoms with E-state index in [2.05, 4.69) is 22.0 Å². The van der Waals surface area contributed by atoms with Crippen LogP contribution >= 0.6 is 0 Å². The molecule has 1 aromatic carbocycles. The summed E-state index contributed by atoms with van der Waals surface area (Å²) in [6.45, 7) is 3.96. The van der Waals surface area contributed by atoms with Crippen molar-refractivity contribution >= 4 is 0 Å². The summed E-state index contributed by atoms with van der Waals surface area (Å²) < 4.78 is 16.7. The molecule has 2 heterocycles. The number of benzene rings is 1. The third-order valence-corrected chi connectivity index (χ3v) is 3.84. The molecule has 0 unspecified atom stereocenters. The van der Waals surface area contributed by atoms with Crippen LogP contribution in [0.5, 0.6) is 11.6 Å². The predicted molar refractivity (Wildman–Crippen MR) is 87.7 cm³/mol. The minimum Gasteiger partial charge on any atom is -0.497 e. The smallest absolute Gasteiger partial charge is 0.213 e. The summed E-state index contributed by atoms with van der Waals surface area (Å²) in [4.78, 5) is 6.55. The predicted octanol–water partition coefficient (Wildman–Crippen LogP) is 2.37. The van der Waals surface area contributed by atoms with Crippen LogP contribution in [0, 0.1) is 0 Å². The van der Waals surface area contributed by atoms with Crippen LogP contribution in [-0.2, 0) is 11.3 Å². The number of hydrogen-bond donors (Lipinski definition) is 0. The van der Waals surface area contributed by atoms with Gasteiger partial charge >= 0.3 is 0 Å². The Morgan fingerprint density at radius 1 is 1.22 bits per heavy atom. The van der Waals surface area contributed by atoms with Crippen molar-refractivity contribution in [2.24, 2.45) is 0 Å².